The van der Waals surface area contributed by atoms with Gasteiger partial charge in [0.05, 0.1) is 31.5 Å². The lowest BCUT2D eigenvalue weighted by Gasteiger charge is -2.44. The Labute approximate surface area is 318 Å². The van der Waals surface area contributed by atoms with Crippen LogP contribution in [-0.2, 0) is 22.4 Å². The first-order chi connectivity index (χ1) is 25.2. The molecule has 280 valence electrons. The average molecular weight is 767 g/mol. The Morgan fingerprint density at radius 2 is 1.68 bits per heavy atom. The third-order valence-electron chi connectivity index (χ3n) is 10.1. The maximum Gasteiger partial charge on any atom is 0.415 e. The molecule has 1 saturated carbocycles. The first kappa shape index (κ1) is 38.3. The molecule has 1 amide bonds. The number of nitrogens with zero attached hydrogens (tertiary/aromatic N) is 2. The molecule has 3 aliphatic heterocycles. The largest absolute Gasteiger partial charge is 0.870 e. The lowest BCUT2D eigenvalue weighted by molar-refractivity contribution is -0.377. The molecule has 4 aliphatic rings. The van der Waals surface area contributed by atoms with Crippen molar-refractivity contribution in [2.75, 3.05) is 38.3 Å². The summed E-state index contributed by atoms with van der Waals surface area (Å²) in [5.41, 5.74) is 2.38. The number of esters is 1. The Morgan fingerprint density at radius 3 is 2.32 bits per heavy atom. The molecule has 0 spiro atoms. The third-order valence-corrected chi connectivity index (χ3v) is 10.8. The molecule has 53 heavy (non-hydrogen) atoms. The monoisotopic (exact) mass is 765 g/mol. The van der Waals surface area contributed by atoms with Crippen LogP contribution in [0.5, 0.6) is 11.5 Å². The highest BCUT2D eigenvalue weighted by Gasteiger charge is 2.38. The van der Waals surface area contributed by atoms with E-state index in [1.54, 1.807) is 68.0 Å². The summed E-state index contributed by atoms with van der Waals surface area (Å²) in [6, 6.07) is 18.3. The van der Waals surface area contributed by atoms with Crippen LogP contribution in [0.25, 0.3) is 0 Å². The molecular weight excluding hydrogens is 724 g/mol. The summed E-state index contributed by atoms with van der Waals surface area (Å²) in [5, 5.41) is 0.811. The molecule has 2 N–H and O–H groups in total. The number of piperidine rings is 3. The number of fused-ring (bicyclic) bond motifs is 3. The SMILES string of the molecule is COc1ccc([C@@H](Cc2c(Cl)c[nH+]cc2Cl)OC(=O)c2ccc(CN(C(=O)O[C@H]3CN4CCC3CC4)c3ccccc3F)cc2)cc1OCC1CC1.[OH-]. The van der Waals surface area contributed by atoms with Gasteiger partial charge in [-0.1, -0.05) is 53.5 Å². The zero-order valence-corrected chi connectivity index (χ0v) is 30.8. The molecule has 13 heteroatoms. The van der Waals surface area contributed by atoms with E-state index in [0.29, 0.717) is 68.8 Å². The summed E-state index contributed by atoms with van der Waals surface area (Å²) >= 11 is 13.1. The Hall–Kier alpha value is -4.42. The number of carbonyl (C=O) groups is 2. The van der Waals surface area contributed by atoms with Crippen molar-refractivity contribution >= 4 is 41.0 Å². The van der Waals surface area contributed by atoms with E-state index in [1.165, 1.54) is 11.0 Å². The van der Waals surface area contributed by atoms with Crippen LogP contribution in [0.15, 0.2) is 79.1 Å². The van der Waals surface area contributed by atoms with Crippen molar-refractivity contribution in [2.24, 2.45) is 11.8 Å². The topological polar surface area (TPSA) is 122 Å². The molecule has 1 aromatic heterocycles. The van der Waals surface area contributed by atoms with Crippen molar-refractivity contribution < 1.29 is 43.4 Å². The number of hydrogen-bond donors (Lipinski definition) is 0. The zero-order chi connectivity index (χ0) is 36.2. The number of halogens is 3. The summed E-state index contributed by atoms with van der Waals surface area (Å²) < 4.78 is 38.9. The molecule has 8 rings (SSSR count). The number of benzene rings is 3. The maximum atomic E-state index is 15.1. The lowest BCUT2D eigenvalue weighted by Crippen LogP contribution is -2.53. The van der Waals surface area contributed by atoms with Gasteiger partial charge in [0.15, 0.2) is 23.9 Å². The highest BCUT2D eigenvalue weighted by Crippen LogP contribution is 2.38. The van der Waals surface area contributed by atoms with Crippen molar-refractivity contribution in [1.29, 1.82) is 0 Å². The van der Waals surface area contributed by atoms with E-state index in [0.717, 1.165) is 38.8 Å². The molecule has 0 radical (unpaired) electrons. The second-order valence-electron chi connectivity index (χ2n) is 13.7. The number of methoxy groups -OCH3 is 1. The van der Waals surface area contributed by atoms with Gasteiger partial charge in [-0.2, -0.15) is 0 Å². The van der Waals surface area contributed by atoms with Crippen LogP contribution in [0.2, 0.25) is 10.0 Å². The van der Waals surface area contributed by atoms with E-state index in [4.69, 9.17) is 42.1 Å². The van der Waals surface area contributed by atoms with E-state index in [9.17, 15) is 9.59 Å². The normalized spacial score (nSPS) is 19.4. The van der Waals surface area contributed by atoms with E-state index in [2.05, 4.69) is 9.88 Å². The van der Waals surface area contributed by atoms with E-state index in [-0.39, 0.29) is 30.2 Å². The number of nitrogens with one attached hydrogen (secondary N) is 1. The Morgan fingerprint density at radius 1 is 0.962 bits per heavy atom. The number of aromatic nitrogens is 1. The van der Waals surface area contributed by atoms with Gasteiger partial charge in [0.25, 0.3) is 0 Å². The van der Waals surface area contributed by atoms with Crippen LogP contribution in [0, 0.1) is 17.7 Å². The summed E-state index contributed by atoms with van der Waals surface area (Å²) in [7, 11) is 1.58. The standard InChI is InChI=1S/C40H40Cl2FN3O6.H2O/c1-49-35-13-12-29(18-37(35)50-24-26-6-7-26)36(19-30-31(41)20-44-21-32(30)42)51-39(47)28-10-8-25(9-11-28)22-46(34-5-3-2-4-33(34)43)40(48)52-38-23-45-16-14-27(38)15-17-45;/h2-5,8-13,18,20-21,26-27,36,38H,6-7,14-17,19,22-24H2,1H3;1H2/t36-,38+;/m1./s1. The van der Waals surface area contributed by atoms with Crippen molar-refractivity contribution in [3.8, 4) is 11.5 Å². The first-order valence-corrected chi connectivity index (χ1v) is 18.4. The van der Waals surface area contributed by atoms with Gasteiger partial charge in [0, 0.05) is 18.5 Å². The minimum Gasteiger partial charge on any atom is -0.870 e. The molecular formula is C40H42Cl2FN3O7. The van der Waals surface area contributed by atoms with E-state index >= 15 is 4.39 Å². The second kappa shape index (κ2) is 17.2. The average Bonchev–Trinajstić information content (AvgIpc) is 4.00. The molecule has 3 aromatic carbocycles. The van der Waals surface area contributed by atoms with Crippen molar-refractivity contribution in [2.45, 2.75) is 50.9 Å². The van der Waals surface area contributed by atoms with Crippen molar-refractivity contribution in [3.05, 3.63) is 117 Å². The Balaban J connectivity index is 0.00000481. The molecule has 4 heterocycles. The number of amides is 1. The van der Waals surface area contributed by atoms with Crippen LogP contribution < -0.4 is 19.4 Å². The molecule has 4 fully saturated rings. The van der Waals surface area contributed by atoms with Gasteiger partial charge in [-0.05, 0) is 98.1 Å². The van der Waals surface area contributed by atoms with E-state index in [1.807, 2.05) is 12.1 Å². The quantitative estimate of drug-likeness (QED) is 0.126. The lowest BCUT2D eigenvalue weighted by atomic mass is 9.86. The number of aromatic amines is 1. The Kier molecular flexibility index (Phi) is 12.4. The van der Waals surface area contributed by atoms with Gasteiger partial charge in [0.2, 0.25) is 0 Å². The molecule has 4 aromatic rings. The van der Waals surface area contributed by atoms with Gasteiger partial charge < -0.3 is 24.4 Å². The minimum absolute atomic E-state index is 0. The van der Waals surface area contributed by atoms with Gasteiger partial charge in [-0.25, -0.2) is 19.0 Å². The highest BCUT2D eigenvalue weighted by molar-refractivity contribution is 6.35. The first-order valence-electron chi connectivity index (χ1n) is 17.7. The molecule has 1 aliphatic carbocycles. The van der Waals surface area contributed by atoms with Crippen LogP contribution in [0.1, 0.15) is 58.8 Å². The molecule has 0 unspecified atom stereocenters. The number of H-pyrrole nitrogens is 1. The fourth-order valence-electron chi connectivity index (χ4n) is 6.86. The second-order valence-corrected chi connectivity index (χ2v) is 14.5. The van der Waals surface area contributed by atoms with Crippen molar-refractivity contribution in [3.63, 3.8) is 0 Å². The van der Waals surface area contributed by atoms with Gasteiger partial charge in [-0.3, -0.25) is 9.80 Å². The number of carbonyl (C=O) groups excluding carboxylic acids is 2. The van der Waals surface area contributed by atoms with Crippen LogP contribution in [-0.4, -0.2) is 61.9 Å². The molecule has 3 saturated heterocycles. The molecule has 10 nitrogen and oxygen atoms in total. The zero-order valence-electron chi connectivity index (χ0n) is 29.3. The Bertz CT molecular complexity index is 1880. The van der Waals surface area contributed by atoms with Crippen LogP contribution in [0.3, 0.4) is 0 Å². The number of para-hydroxylation sites is 1. The van der Waals surface area contributed by atoms with E-state index < -0.39 is 24.0 Å². The summed E-state index contributed by atoms with van der Waals surface area (Å²) in [6.07, 6.45) is 6.04. The fourth-order valence-corrected chi connectivity index (χ4v) is 7.40. The number of rotatable bonds is 13. The smallest absolute Gasteiger partial charge is 0.415 e. The number of anilines is 1. The predicted octanol–water partition coefficient (Wildman–Crippen LogP) is 7.95. The number of hydrogen-bond acceptors (Lipinski definition) is 8. The summed E-state index contributed by atoms with van der Waals surface area (Å²) in [6.45, 7) is 3.32. The molecule has 2 atom stereocenters. The number of pyridine rings is 1. The highest BCUT2D eigenvalue weighted by atomic mass is 35.5. The van der Waals surface area contributed by atoms with Crippen molar-refractivity contribution in [1.82, 2.24) is 4.90 Å². The third kappa shape index (κ3) is 9.21. The maximum absolute atomic E-state index is 15.1. The van der Waals surface area contributed by atoms with Crippen LogP contribution >= 0.6 is 23.2 Å². The van der Waals surface area contributed by atoms with Gasteiger partial charge in [-0.15, -0.1) is 0 Å². The minimum atomic E-state index is -0.781. The van der Waals surface area contributed by atoms with Gasteiger partial charge in [0.1, 0.15) is 28.1 Å². The number of ether oxygens (including phenoxy) is 4. The summed E-state index contributed by atoms with van der Waals surface area (Å²) in [4.78, 5) is 33.9. The van der Waals surface area contributed by atoms with Gasteiger partial charge >= 0.3 is 12.1 Å². The fraction of sp³-hybridized carbons (Fsp3) is 0.375. The van der Waals surface area contributed by atoms with Crippen LogP contribution in [0.4, 0.5) is 14.9 Å². The summed E-state index contributed by atoms with van der Waals surface area (Å²) in [5.74, 6) is 0.858. The molecule has 2 bridgehead atoms. The predicted molar refractivity (Wildman–Crippen MR) is 196 cm³/mol.